The van der Waals surface area contributed by atoms with E-state index >= 15 is 0 Å². The lowest BCUT2D eigenvalue weighted by atomic mass is 9.95. The van der Waals surface area contributed by atoms with Crippen LogP contribution in [0.2, 0.25) is 0 Å². The number of aromatic amines is 1. The van der Waals surface area contributed by atoms with Crippen LogP contribution in [0.5, 0.6) is 11.5 Å². The molecule has 0 aliphatic carbocycles. The number of pyridine rings is 1. The molecule has 5 heterocycles. The van der Waals surface area contributed by atoms with Crippen LogP contribution >= 0.6 is 0 Å². The number of rotatable bonds is 5. The van der Waals surface area contributed by atoms with Crippen molar-refractivity contribution in [3.05, 3.63) is 66.9 Å². The average molecular weight is 441 g/mol. The SMILES string of the molecule is CC(C)[C@@H](Nc1ncnc2[nH]c(-c3ccc4nccn4c3)cc12)c1ccc2c(c1)OCCO2. The Kier molecular flexibility index (Phi) is 4.64. The van der Waals surface area contributed by atoms with Crippen molar-refractivity contribution in [3.63, 3.8) is 0 Å². The van der Waals surface area contributed by atoms with Gasteiger partial charge in [-0.3, -0.25) is 0 Å². The lowest BCUT2D eigenvalue weighted by Crippen LogP contribution is -2.19. The zero-order valence-electron chi connectivity index (χ0n) is 18.4. The Labute approximate surface area is 190 Å². The van der Waals surface area contributed by atoms with Gasteiger partial charge in [0.05, 0.1) is 11.4 Å². The number of hydrogen-bond acceptors (Lipinski definition) is 6. The molecule has 0 fully saturated rings. The van der Waals surface area contributed by atoms with E-state index in [2.05, 4.69) is 69.6 Å². The Bertz CT molecular complexity index is 1450. The third-order valence-corrected chi connectivity index (χ3v) is 6.01. The van der Waals surface area contributed by atoms with E-state index in [1.165, 1.54) is 0 Å². The molecule has 1 atom stereocenters. The molecule has 0 unspecified atom stereocenters. The Morgan fingerprint density at radius 3 is 2.76 bits per heavy atom. The number of nitrogens with one attached hydrogen (secondary N) is 2. The van der Waals surface area contributed by atoms with E-state index in [0.717, 1.165) is 50.8 Å². The molecule has 2 N–H and O–H groups in total. The molecule has 166 valence electrons. The highest BCUT2D eigenvalue weighted by Gasteiger charge is 2.21. The average Bonchev–Trinajstić information content (AvgIpc) is 3.48. The van der Waals surface area contributed by atoms with Crippen molar-refractivity contribution >= 4 is 22.5 Å². The minimum atomic E-state index is 0.0413. The molecule has 8 heteroatoms. The Hall–Kier alpha value is -4.07. The van der Waals surface area contributed by atoms with E-state index in [-0.39, 0.29) is 6.04 Å². The number of hydrogen-bond donors (Lipinski definition) is 2. The molecule has 0 saturated carbocycles. The first-order valence-electron chi connectivity index (χ1n) is 11.1. The molecule has 4 aromatic heterocycles. The van der Waals surface area contributed by atoms with Crippen molar-refractivity contribution in [3.8, 4) is 22.8 Å². The van der Waals surface area contributed by atoms with Crippen LogP contribution in [0.1, 0.15) is 25.5 Å². The predicted octanol–water partition coefficient (Wildman–Crippen LogP) is 4.85. The first-order chi connectivity index (χ1) is 16.2. The topological polar surface area (TPSA) is 89.4 Å². The van der Waals surface area contributed by atoms with Gasteiger partial charge in [-0.15, -0.1) is 0 Å². The second-order valence-corrected chi connectivity index (χ2v) is 8.55. The van der Waals surface area contributed by atoms with Gasteiger partial charge in [-0.25, -0.2) is 15.0 Å². The van der Waals surface area contributed by atoms with Crippen molar-refractivity contribution in [2.75, 3.05) is 18.5 Å². The lowest BCUT2D eigenvalue weighted by Gasteiger charge is -2.26. The molecule has 1 aromatic carbocycles. The van der Waals surface area contributed by atoms with Gasteiger partial charge in [0.15, 0.2) is 11.5 Å². The number of ether oxygens (including phenoxy) is 2. The zero-order chi connectivity index (χ0) is 22.4. The van der Waals surface area contributed by atoms with Crippen LogP contribution in [0.3, 0.4) is 0 Å². The molecule has 0 saturated heterocycles. The highest BCUT2D eigenvalue weighted by atomic mass is 16.6. The van der Waals surface area contributed by atoms with Gasteiger partial charge >= 0.3 is 0 Å². The minimum absolute atomic E-state index is 0.0413. The maximum absolute atomic E-state index is 5.80. The van der Waals surface area contributed by atoms with Crippen LogP contribution in [0.15, 0.2) is 61.3 Å². The normalized spacial score (nSPS) is 14.2. The van der Waals surface area contributed by atoms with Crippen LogP contribution in [0.25, 0.3) is 27.9 Å². The number of nitrogens with zero attached hydrogens (tertiary/aromatic N) is 4. The van der Waals surface area contributed by atoms with Crippen molar-refractivity contribution in [2.45, 2.75) is 19.9 Å². The van der Waals surface area contributed by atoms with E-state index in [4.69, 9.17) is 9.47 Å². The van der Waals surface area contributed by atoms with Gasteiger partial charge in [-0.1, -0.05) is 19.9 Å². The van der Waals surface area contributed by atoms with Crippen molar-refractivity contribution in [1.29, 1.82) is 0 Å². The summed E-state index contributed by atoms with van der Waals surface area (Å²) < 4.78 is 13.5. The minimum Gasteiger partial charge on any atom is -0.486 e. The number of fused-ring (bicyclic) bond motifs is 3. The highest BCUT2D eigenvalue weighted by molar-refractivity contribution is 5.91. The number of H-pyrrole nitrogens is 1. The van der Waals surface area contributed by atoms with Gasteiger partial charge in [0.25, 0.3) is 0 Å². The summed E-state index contributed by atoms with van der Waals surface area (Å²) in [4.78, 5) is 16.8. The molecule has 0 radical (unpaired) electrons. The third kappa shape index (κ3) is 3.53. The summed E-state index contributed by atoms with van der Waals surface area (Å²) in [6.07, 6.45) is 7.38. The molecule has 0 spiro atoms. The quantitative estimate of drug-likeness (QED) is 0.406. The summed E-state index contributed by atoms with van der Waals surface area (Å²) in [5.74, 6) is 2.69. The molecular formula is C25H24N6O2. The van der Waals surface area contributed by atoms with Crippen molar-refractivity contribution in [2.24, 2.45) is 5.92 Å². The van der Waals surface area contributed by atoms with Gasteiger partial charge in [0, 0.05) is 29.8 Å². The number of anilines is 1. The molecule has 1 aliphatic rings. The van der Waals surface area contributed by atoms with Gasteiger partial charge in [-0.05, 0) is 41.8 Å². The second-order valence-electron chi connectivity index (χ2n) is 8.55. The first kappa shape index (κ1) is 19.6. The first-order valence-corrected chi connectivity index (χ1v) is 11.1. The molecule has 33 heavy (non-hydrogen) atoms. The third-order valence-electron chi connectivity index (χ3n) is 6.01. The molecule has 0 bridgehead atoms. The van der Waals surface area contributed by atoms with Gasteiger partial charge in [0.1, 0.15) is 36.7 Å². The summed E-state index contributed by atoms with van der Waals surface area (Å²) in [5, 5.41) is 4.60. The molecule has 0 amide bonds. The summed E-state index contributed by atoms with van der Waals surface area (Å²) in [6.45, 7) is 5.53. The molecule has 1 aliphatic heterocycles. The standard InChI is InChI=1S/C25H24N6O2/c1-15(2)23(16-3-5-20-21(11-16)33-10-9-32-20)30-25-18-12-19(29-24(18)27-14-28-25)17-4-6-22-26-7-8-31(22)13-17/h3-8,11-15,23H,9-10H2,1-2H3,(H2,27,28,29,30)/t23-/m1/s1. The maximum atomic E-state index is 5.80. The van der Waals surface area contributed by atoms with E-state index < -0.39 is 0 Å². The van der Waals surface area contributed by atoms with E-state index in [0.29, 0.717) is 19.1 Å². The zero-order valence-corrected chi connectivity index (χ0v) is 18.4. The maximum Gasteiger partial charge on any atom is 0.161 e. The molecule has 6 rings (SSSR count). The van der Waals surface area contributed by atoms with Gasteiger partial charge in [0.2, 0.25) is 0 Å². The van der Waals surface area contributed by atoms with E-state index in [9.17, 15) is 0 Å². The Morgan fingerprint density at radius 1 is 1.00 bits per heavy atom. The van der Waals surface area contributed by atoms with E-state index in [1.54, 1.807) is 12.5 Å². The molecular weight excluding hydrogens is 416 g/mol. The van der Waals surface area contributed by atoms with Crippen LogP contribution in [0.4, 0.5) is 5.82 Å². The monoisotopic (exact) mass is 440 g/mol. The molecule has 5 aromatic rings. The fraction of sp³-hybridized carbons (Fsp3) is 0.240. The van der Waals surface area contributed by atoms with Crippen LogP contribution in [-0.2, 0) is 0 Å². The fourth-order valence-electron chi connectivity index (χ4n) is 4.33. The molecule has 8 nitrogen and oxygen atoms in total. The summed E-state index contributed by atoms with van der Waals surface area (Å²) in [7, 11) is 0. The van der Waals surface area contributed by atoms with Crippen LogP contribution in [0, 0.1) is 5.92 Å². The second kappa shape index (κ2) is 7.81. The Balaban J connectivity index is 1.36. The summed E-state index contributed by atoms with van der Waals surface area (Å²) in [6, 6.07) is 12.3. The summed E-state index contributed by atoms with van der Waals surface area (Å²) in [5.41, 5.74) is 4.86. The lowest BCUT2D eigenvalue weighted by molar-refractivity contribution is 0.171. The van der Waals surface area contributed by atoms with Crippen LogP contribution < -0.4 is 14.8 Å². The number of aromatic nitrogens is 5. The van der Waals surface area contributed by atoms with Crippen LogP contribution in [-0.4, -0.2) is 37.6 Å². The largest absolute Gasteiger partial charge is 0.486 e. The Morgan fingerprint density at radius 2 is 1.88 bits per heavy atom. The summed E-state index contributed by atoms with van der Waals surface area (Å²) >= 11 is 0. The van der Waals surface area contributed by atoms with Crippen molar-refractivity contribution < 1.29 is 9.47 Å². The van der Waals surface area contributed by atoms with Gasteiger partial charge < -0.3 is 24.2 Å². The number of benzene rings is 1. The van der Waals surface area contributed by atoms with Gasteiger partial charge in [-0.2, -0.15) is 0 Å². The number of imidazole rings is 1. The highest BCUT2D eigenvalue weighted by Crippen LogP contribution is 2.36. The van der Waals surface area contributed by atoms with Crippen molar-refractivity contribution in [1.82, 2.24) is 24.3 Å². The predicted molar refractivity (Wildman–Crippen MR) is 127 cm³/mol. The fourth-order valence-corrected chi connectivity index (χ4v) is 4.33. The van der Waals surface area contributed by atoms with E-state index in [1.807, 2.05) is 22.7 Å². The smallest absolute Gasteiger partial charge is 0.161 e.